The number of rotatable bonds is 5. The van der Waals surface area contributed by atoms with E-state index >= 15 is 0 Å². The van der Waals surface area contributed by atoms with Crippen molar-refractivity contribution in [1.82, 2.24) is 4.57 Å². The second-order valence-corrected chi connectivity index (χ2v) is 11.2. The molecule has 3 aromatic carbocycles. The number of ketones is 1. The maximum atomic E-state index is 14.0. The first-order valence-electron chi connectivity index (χ1n) is 13.5. The summed E-state index contributed by atoms with van der Waals surface area (Å²) in [6.07, 6.45) is 3.49. The van der Waals surface area contributed by atoms with Gasteiger partial charge in [0.15, 0.2) is 10.6 Å². The van der Waals surface area contributed by atoms with Crippen molar-refractivity contribution in [2.45, 2.75) is 25.8 Å². The highest BCUT2D eigenvalue weighted by molar-refractivity contribution is 7.07. The van der Waals surface area contributed by atoms with Crippen LogP contribution < -0.4 is 19.6 Å². The summed E-state index contributed by atoms with van der Waals surface area (Å²) >= 11 is 1.37. The first kappa shape index (κ1) is 25.2. The predicted octanol–water partition coefficient (Wildman–Crippen LogP) is 5.79. The first-order chi connectivity index (χ1) is 20.0. The third kappa shape index (κ3) is 4.30. The molecule has 2 aromatic heterocycles. The Morgan fingerprint density at radius 3 is 2.59 bits per heavy atom. The summed E-state index contributed by atoms with van der Waals surface area (Å²) in [5, 5.41) is 0. The fourth-order valence-electron chi connectivity index (χ4n) is 5.78. The topological polar surface area (TPSA) is 73.8 Å². The van der Waals surface area contributed by atoms with Crippen LogP contribution in [0.3, 0.4) is 0 Å². The Hall–Kier alpha value is -4.75. The van der Waals surface area contributed by atoms with Crippen LogP contribution in [0.25, 0.3) is 23.1 Å². The summed E-state index contributed by atoms with van der Waals surface area (Å²) < 4.78 is 14.2. The number of allylic oxidation sites excluding steroid dienone is 1. The van der Waals surface area contributed by atoms with Crippen LogP contribution in [0.15, 0.2) is 105 Å². The fraction of sp³-hybridized carbons (Fsp3) is 0.147. The molecule has 7 rings (SSSR count). The van der Waals surface area contributed by atoms with Crippen molar-refractivity contribution in [3.05, 3.63) is 138 Å². The lowest BCUT2D eigenvalue weighted by Crippen LogP contribution is -2.38. The number of hydrogen-bond donors (Lipinski definition) is 0. The van der Waals surface area contributed by atoms with Crippen molar-refractivity contribution in [2.75, 3.05) is 7.11 Å². The average Bonchev–Trinajstić information content (AvgIpc) is 3.60. The lowest BCUT2D eigenvalue weighted by molar-refractivity contribution is 0.101. The highest BCUT2D eigenvalue weighted by Gasteiger charge is 2.34. The lowest BCUT2D eigenvalue weighted by Gasteiger charge is -2.31. The number of furan rings is 1. The fourth-order valence-corrected chi connectivity index (χ4v) is 6.76. The number of hydrogen-bond acceptors (Lipinski definition) is 6. The second-order valence-electron chi connectivity index (χ2n) is 10.2. The third-order valence-electron chi connectivity index (χ3n) is 7.78. The minimum Gasteiger partial charge on any atom is -0.496 e. The molecule has 0 saturated carbocycles. The quantitative estimate of drug-likeness (QED) is 0.256. The second kappa shape index (κ2) is 10.0. The molecule has 0 N–H and O–H groups in total. The molecule has 0 saturated heterocycles. The molecule has 202 valence electrons. The molecule has 0 fully saturated rings. The highest BCUT2D eigenvalue weighted by atomic mass is 32.1. The summed E-state index contributed by atoms with van der Waals surface area (Å²) in [5.41, 5.74) is 6.81. The van der Waals surface area contributed by atoms with Gasteiger partial charge in [0, 0.05) is 28.3 Å². The first-order valence-corrected chi connectivity index (χ1v) is 14.3. The van der Waals surface area contributed by atoms with Crippen LogP contribution >= 0.6 is 11.3 Å². The molecule has 2 aliphatic rings. The third-order valence-corrected chi connectivity index (χ3v) is 8.77. The molecule has 0 radical (unpaired) electrons. The molecular formula is C34H26N2O4S. The van der Waals surface area contributed by atoms with Gasteiger partial charge in [0.05, 0.1) is 23.4 Å². The molecule has 41 heavy (non-hydrogen) atoms. The van der Waals surface area contributed by atoms with Gasteiger partial charge in [0.2, 0.25) is 0 Å². The van der Waals surface area contributed by atoms with E-state index in [9.17, 15) is 9.59 Å². The number of ether oxygens (including phenoxy) is 1. The number of thiazole rings is 1. The van der Waals surface area contributed by atoms with E-state index in [4.69, 9.17) is 14.1 Å². The molecule has 3 heterocycles. The molecule has 6 nitrogen and oxygen atoms in total. The van der Waals surface area contributed by atoms with E-state index in [1.807, 2.05) is 59.2 Å². The number of Topliss-reactive ketones (excluding diaryl/α,β-unsaturated/α-hetero) is 1. The summed E-state index contributed by atoms with van der Waals surface area (Å²) in [5.74, 6) is 2.00. The van der Waals surface area contributed by atoms with Crippen molar-refractivity contribution in [2.24, 2.45) is 4.99 Å². The SMILES string of the molecule is COc1ccccc1[C@H]1C2=C(N=c3s/c(=C/c4ccc(-c5ccc(C(C)=O)cc5)o4)c(=O)n31)c1ccccc1CC2. The molecule has 1 atom stereocenters. The number of carbonyl (C=O) groups excluding carboxylic acids is 1. The van der Waals surface area contributed by atoms with Gasteiger partial charge >= 0.3 is 0 Å². The van der Waals surface area contributed by atoms with E-state index in [-0.39, 0.29) is 17.4 Å². The molecular weight excluding hydrogens is 532 g/mol. The molecule has 5 aromatic rings. The van der Waals surface area contributed by atoms with Crippen LogP contribution in [0.5, 0.6) is 5.75 Å². The maximum Gasteiger partial charge on any atom is 0.271 e. The van der Waals surface area contributed by atoms with Crippen LogP contribution in [0, 0.1) is 0 Å². The smallest absolute Gasteiger partial charge is 0.271 e. The van der Waals surface area contributed by atoms with Crippen LogP contribution in [-0.4, -0.2) is 17.5 Å². The molecule has 0 unspecified atom stereocenters. The normalized spacial score (nSPS) is 16.0. The number of benzene rings is 3. The number of para-hydroxylation sites is 1. The van der Waals surface area contributed by atoms with E-state index in [0.717, 1.165) is 46.6 Å². The van der Waals surface area contributed by atoms with Crippen LogP contribution in [0.1, 0.15) is 52.2 Å². The number of fused-ring (bicyclic) bond motifs is 3. The van der Waals surface area contributed by atoms with Gasteiger partial charge in [-0.1, -0.05) is 78.1 Å². The van der Waals surface area contributed by atoms with Crippen LogP contribution in [-0.2, 0) is 6.42 Å². The molecule has 1 aliphatic heterocycles. The molecule has 7 heteroatoms. The number of methoxy groups -OCH3 is 1. The number of nitrogens with zero attached hydrogens (tertiary/aromatic N) is 2. The van der Waals surface area contributed by atoms with Crippen molar-refractivity contribution >= 4 is 28.9 Å². The molecule has 0 amide bonds. The van der Waals surface area contributed by atoms with Gasteiger partial charge < -0.3 is 9.15 Å². The Labute approximate surface area is 240 Å². The molecule has 0 bridgehead atoms. The molecule has 1 aliphatic carbocycles. The predicted molar refractivity (Wildman–Crippen MR) is 160 cm³/mol. The summed E-state index contributed by atoms with van der Waals surface area (Å²) in [4.78, 5) is 31.4. The van der Waals surface area contributed by atoms with Crippen molar-refractivity contribution in [3.8, 4) is 17.1 Å². The van der Waals surface area contributed by atoms with Gasteiger partial charge in [-0.3, -0.25) is 14.2 Å². The average molecular weight is 559 g/mol. The van der Waals surface area contributed by atoms with Crippen molar-refractivity contribution < 1.29 is 13.9 Å². The number of aryl methyl sites for hydroxylation is 1. The standard InChI is InChI=1S/C34H26N2O4S/c1-20(37)21-11-13-23(14-12-21)28-18-16-24(40-28)19-30-33(38)36-32(26-9-5-6-10-29(26)39-2)27-17-15-22-7-3-4-8-25(22)31(27)35-34(36)41-30/h3-14,16,18-19,32H,15,17H2,1-2H3/b30-19+/t32-/m0/s1. The monoisotopic (exact) mass is 558 g/mol. The zero-order chi connectivity index (χ0) is 28.1. The Morgan fingerprint density at radius 1 is 1.00 bits per heavy atom. The number of carbonyl (C=O) groups is 1. The Bertz CT molecular complexity index is 2040. The van der Waals surface area contributed by atoms with E-state index in [0.29, 0.717) is 26.4 Å². The van der Waals surface area contributed by atoms with Gasteiger partial charge in [-0.2, -0.15) is 0 Å². The van der Waals surface area contributed by atoms with Gasteiger partial charge in [-0.05, 0) is 49.1 Å². The zero-order valence-electron chi connectivity index (χ0n) is 22.6. The van der Waals surface area contributed by atoms with Gasteiger partial charge in [0.1, 0.15) is 17.3 Å². The largest absolute Gasteiger partial charge is 0.496 e. The van der Waals surface area contributed by atoms with E-state index < -0.39 is 0 Å². The summed E-state index contributed by atoms with van der Waals surface area (Å²) in [7, 11) is 1.66. The summed E-state index contributed by atoms with van der Waals surface area (Å²) in [6.45, 7) is 1.55. The van der Waals surface area contributed by atoms with Crippen molar-refractivity contribution in [1.29, 1.82) is 0 Å². The minimum atomic E-state index is -0.320. The minimum absolute atomic E-state index is 0.0173. The Balaban J connectivity index is 1.38. The van der Waals surface area contributed by atoms with Gasteiger partial charge in [-0.15, -0.1) is 0 Å². The van der Waals surface area contributed by atoms with E-state index in [1.165, 1.54) is 16.9 Å². The van der Waals surface area contributed by atoms with Crippen molar-refractivity contribution in [3.63, 3.8) is 0 Å². The van der Waals surface area contributed by atoms with E-state index in [1.54, 1.807) is 32.2 Å². The van der Waals surface area contributed by atoms with Gasteiger partial charge in [-0.25, -0.2) is 4.99 Å². The zero-order valence-corrected chi connectivity index (χ0v) is 23.4. The van der Waals surface area contributed by atoms with Crippen LogP contribution in [0.2, 0.25) is 0 Å². The van der Waals surface area contributed by atoms with Gasteiger partial charge in [0.25, 0.3) is 5.56 Å². The Morgan fingerprint density at radius 2 is 1.78 bits per heavy atom. The highest BCUT2D eigenvalue weighted by Crippen LogP contribution is 2.43. The van der Waals surface area contributed by atoms with Crippen LogP contribution in [0.4, 0.5) is 0 Å². The Kier molecular flexibility index (Phi) is 6.16. The lowest BCUT2D eigenvalue weighted by atomic mass is 9.83. The maximum absolute atomic E-state index is 14.0. The summed E-state index contributed by atoms with van der Waals surface area (Å²) in [6, 6.07) is 27.0. The number of aromatic nitrogens is 1. The van der Waals surface area contributed by atoms with E-state index in [2.05, 4.69) is 18.2 Å². The molecule has 0 spiro atoms.